The van der Waals surface area contributed by atoms with Crippen LogP contribution in [0.15, 0.2) is 24.3 Å². The van der Waals surface area contributed by atoms with Crippen LogP contribution in [0.5, 0.6) is 5.75 Å². The summed E-state index contributed by atoms with van der Waals surface area (Å²) in [5.41, 5.74) is 6.40. The SMILES string of the molecule is CC(C)[C@H](N)C(=O)NCC(=O)Nc1ccc(OC2CCCCC2)cc1.Cl. The van der Waals surface area contributed by atoms with Gasteiger partial charge in [0.05, 0.1) is 18.7 Å². The van der Waals surface area contributed by atoms with Crippen LogP contribution in [0.2, 0.25) is 0 Å². The molecule has 146 valence electrons. The van der Waals surface area contributed by atoms with Crippen molar-refractivity contribution in [2.24, 2.45) is 11.7 Å². The van der Waals surface area contributed by atoms with Crippen LogP contribution in [-0.2, 0) is 9.59 Å². The number of rotatable bonds is 7. The van der Waals surface area contributed by atoms with Crippen LogP contribution in [0, 0.1) is 5.92 Å². The molecule has 1 fully saturated rings. The van der Waals surface area contributed by atoms with E-state index in [-0.39, 0.29) is 36.7 Å². The number of benzene rings is 1. The molecule has 0 unspecified atom stereocenters. The fourth-order valence-electron chi connectivity index (χ4n) is 2.79. The minimum absolute atomic E-state index is 0. The summed E-state index contributed by atoms with van der Waals surface area (Å²) in [6.07, 6.45) is 6.27. The summed E-state index contributed by atoms with van der Waals surface area (Å²) in [6, 6.07) is 6.72. The predicted octanol–water partition coefficient (Wildman–Crippen LogP) is 2.86. The van der Waals surface area contributed by atoms with E-state index in [1.54, 1.807) is 12.1 Å². The molecular weight excluding hydrogens is 354 g/mol. The van der Waals surface area contributed by atoms with Gasteiger partial charge in [-0.1, -0.05) is 20.3 Å². The van der Waals surface area contributed by atoms with Crippen molar-refractivity contribution in [2.45, 2.75) is 58.1 Å². The van der Waals surface area contributed by atoms with E-state index in [2.05, 4.69) is 10.6 Å². The Bertz CT molecular complexity index is 572. The largest absolute Gasteiger partial charge is 0.490 e. The third kappa shape index (κ3) is 7.22. The molecule has 6 nitrogen and oxygen atoms in total. The van der Waals surface area contributed by atoms with E-state index in [9.17, 15) is 9.59 Å². The third-order valence-corrected chi connectivity index (χ3v) is 4.44. The van der Waals surface area contributed by atoms with Crippen molar-refractivity contribution in [3.63, 3.8) is 0 Å². The summed E-state index contributed by atoms with van der Waals surface area (Å²) in [6.45, 7) is 3.63. The van der Waals surface area contributed by atoms with Crippen LogP contribution >= 0.6 is 12.4 Å². The number of carbonyl (C=O) groups excluding carboxylic acids is 2. The number of anilines is 1. The molecule has 0 aromatic heterocycles. The Morgan fingerprint density at radius 1 is 1.15 bits per heavy atom. The third-order valence-electron chi connectivity index (χ3n) is 4.44. The summed E-state index contributed by atoms with van der Waals surface area (Å²) in [5.74, 6) is 0.243. The van der Waals surface area contributed by atoms with Gasteiger partial charge in [-0.25, -0.2) is 0 Å². The molecule has 0 radical (unpaired) electrons. The molecule has 4 N–H and O–H groups in total. The first-order valence-electron chi connectivity index (χ1n) is 9.05. The van der Waals surface area contributed by atoms with Crippen LogP contribution in [0.4, 0.5) is 5.69 Å². The van der Waals surface area contributed by atoms with Crippen molar-refractivity contribution in [3.8, 4) is 5.75 Å². The zero-order valence-corrected chi connectivity index (χ0v) is 16.3. The molecule has 2 amide bonds. The summed E-state index contributed by atoms with van der Waals surface area (Å²) in [7, 11) is 0. The molecule has 1 aromatic carbocycles. The van der Waals surface area contributed by atoms with Gasteiger partial charge in [0.2, 0.25) is 11.8 Å². The van der Waals surface area contributed by atoms with Gasteiger partial charge in [-0.05, 0) is 55.9 Å². The number of ether oxygens (including phenoxy) is 1. The van der Waals surface area contributed by atoms with Crippen molar-refractivity contribution in [1.82, 2.24) is 5.32 Å². The Hall–Kier alpha value is -1.79. The molecule has 0 bridgehead atoms. The lowest BCUT2D eigenvalue weighted by Crippen LogP contribution is -2.46. The van der Waals surface area contributed by atoms with Crippen LogP contribution in [-0.4, -0.2) is 30.5 Å². The van der Waals surface area contributed by atoms with E-state index in [0.717, 1.165) is 18.6 Å². The van der Waals surface area contributed by atoms with Crippen molar-refractivity contribution >= 4 is 29.9 Å². The molecular formula is C19H30ClN3O3. The molecule has 7 heteroatoms. The number of hydrogen-bond donors (Lipinski definition) is 3. The van der Waals surface area contributed by atoms with Crippen molar-refractivity contribution in [1.29, 1.82) is 0 Å². The number of amides is 2. The second-order valence-corrected chi connectivity index (χ2v) is 6.94. The highest BCUT2D eigenvalue weighted by atomic mass is 35.5. The van der Waals surface area contributed by atoms with E-state index in [0.29, 0.717) is 11.8 Å². The van der Waals surface area contributed by atoms with Gasteiger partial charge in [0.1, 0.15) is 5.75 Å². The average Bonchev–Trinajstić information content (AvgIpc) is 2.61. The van der Waals surface area contributed by atoms with Gasteiger partial charge in [-0.15, -0.1) is 12.4 Å². The maximum atomic E-state index is 11.9. The standard InChI is InChI=1S/C19H29N3O3.ClH/c1-13(2)18(20)19(24)21-12-17(23)22-14-8-10-16(11-9-14)25-15-6-4-3-5-7-15;/h8-11,13,15,18H,3-7,12,20H2,1-2H3,(H,21,24)(H,22,23);1H/t18-;/m0./s1. The Morgan fingerprint density at radius 3 is 2.35 bits per heavy atom. The zero-order valence-electron chi connectivity index (χ0n) is 15.5. The van der Waals surface area contributed by atoms with Crippen LogP contribution in [0.3, 0.4) is 0 Å². The van der Waals surface area contributed by atoms with Crippen molar-refractivity contribution < 1.29 is 14.3 Å². The van der Waals surface area contributed by atoms with Crippen molar-refractivity contribution in [3.05, 3.63) is 24.3 Å². The highest BCUT2D eigenvalue weighted by Crippen LogP contribution is 2.24. The minimum atomic E-state index is -0.607. The molecule has 1 atom stereocenters. The lowest BCUT2D eigenvalue weighted by atomic mass is 9.98. The maximum Gasteiger partial charge on any atom is 0.243 e. The van der Waals surface area contributed by atoms with Gasteiger partial charge in [-0.2, -0.15) is 0 Å². The minimum Gasteiger partial charge on any atom is -0.490 e. The summed E-state index contributed by atoms with van der Waals surface area (Å²) in [4.78, 5) is 23.7. The number of halogens is 1. The number of nitrogens with two attached hydrogens (primary N) is 1. The first-order chi connectivity index (χ1) is 12.0. The zero-order chi connectivity index (χ0) is 18.2. The molecule has 0 spiro atoms. The second kappa shape index (κ2) is 11.0. The Kier molecular flexibility index (Phi) is 9.44. The normalized spacial score (nSPS) is 15.7. The maximum absolute atomic E-state index is 11.9. The van der Waals surface area contributed by atoms with Gasteiger partial charge >= 0.3 is 0 Å². The van der Waals surface area contributed by atoms with E-state index in [1.165, 1.54) is 19.3 Å². The van der Waals surface area contributed by atoms with Gasteiger partial charge in [0.25, 0.3) is 0 Å². The first kappa shape index (κ1) is 22.3. The topological polar surface area (TPSA) is 93.5 Å². The Morgan fingerprint density at radius 2 is 1.77 bits per heavy atom. The lowest BCUT2D eigenvalue weighted by Gasteiger charge is -2.23. The number of nitrogens with one attached hydrogen (secondary N) is 2. The monoisotopic (exact) mass is 383 g/mol. The molecule has 1 aromatic rings. The summed E-state index contributed by atoms with van der Waals surface area (Å²) >= 11 is 0. The molecule has 0 saturated heterocycles. The van der Waals surface area contributed by atoms with E-state index >= 15 is 0 Å². The smallest absolute Gasteiger partial charge is 0.243 e. The van der Waals surface area contributed by atoms with Crippen LogP contribution in [0.25, 0.3) is 0 Å². The lowest BCUT2D eigenvalue weighted by molar-refractivity contribution is -0.125. The fraction of sp³-hybridized carbons (Fsp3) is 0.579. The summed E-state index contributed by atoms with van der Waals surface area (Å²) in [5, 5.41) is 5.29. The molecule has 1 aliphatic rings. The molecule has 0 aliphatic heterocycles. The van der Waals surface area contributed by atoms with Gasteiger partial charge in [0.15, 0.2) is 0 Å². The number of hydrogen-bond acceptors (Lipinski definition) is 4. The quantitative estimate of drug-likeness (QED) is 0.674. The Labute approximate surface area is 161 Å². The predicted molar refractivity (Wildman–Crippen MR) is 106 cm³/mol. The summed E-state index contributed by atoms with van der Waals surface area (Å²) < 4.78 is 5.96. The van der Waals surface area contributed by atoms with E-state index in [4.69, 9.17) is 10.5 Å². The van der Waals surface area contributed by atoms with Crippen molar-refractivity contribution in [2.75, 3.05) is 11.9 Å². The highest BCUT2D eigenvalue weighted by Gasteiger charge is 2.18. The molecule has 26 heavy (non-hydrogen) atoms. The van der Waals surface area contributed by atoms with Crippen LogP contribution < -0.4 is 21.1 Å². The highest BCUT2D eigenvalue weighted by molar-refractivity contribution is 5.95. The number of carbonyl (C=O) groups is 2. The van der Waals surface area contributed by atoms with Gasteiger partial charge in [-0.3, -0.25) is 9.59 Å². The Balaban J connectivity index is 0.00000338. The van der Waals surface area contributed by atoms with E-state index in [1.807, 2.05) is 26.0 Å². The molecule has 1 aliphatic carbocycles. The first-order valence-corrected chi connectivity index (χ1v) is 9.05. The van der Waals surface area contributed by atoms with Gasteiger partial charge < -0.3 is 21.1 Å². The molecule has 2 rings (SSSR count). The second-order valence-electron chi connectivity index (χ2n) is 6.94. The van der Waals surface area contributed by atoms with Gasteiger partial charge in [0, 0.05) is 5.69 Å². The van der Waals surface area contributed by atoms with E-state index < -0.39 is 6.04 Å². The molecule has 0 heterocycles. The average molecular weight is 384 g/mol. The fourth-order valence-corrected chi connectivity index (χ4v) is 2.79. The van der Waals surface area contributed by atoms with Crippen LogP contribution in [0.1, 0.15) is 46.0 Å². The molecule has 1 saturated carbocycles.